The van der Waals surface area contributed by atoms with Crippen LogP contribution in [0.5, 0.6) is 0 Å². The van der Waals surface area contributed by atoms with Gasteiger partial charge < -0.3 is 15.0 Å². The zero-order valence-corrected chi connectivity index (χ0v) is 13.2. The van der Waals surface area contributed by atoms with Gasteiger partial charge in [0, 0.05) is 31.5 Å². The van der Waals surface area contributed by atoms with Gasteiger partial charge in [0.05, 0.1) is 6.20 Å². The van der Waals surface area contributed by atoms with E-state index in [1.807, 2.05) is 20.8 Å². The predicted molar refractivity (Wildman–Crippen MR) is 80.3 cm³/mol. The molecule has 7 nitrogen and oxygen atoms in total. The number of nitrogens with one attached hydrogen (secondary N) is 1. The first-order valence-electron chi connectivity index (χ1n) is 7.40. The van der Waals surface area contributed by atoms with Gasteiger partial charge in [-0.3, -0.25) is 9.78 Å². The summed E-state index contributed by atoms with van der Waals surface area (Å²) in [6, 6.07) is -0.101. The smallest absolute Gasteiger partial charge is 0.410 e. The molecule has 22 heavy (non-hydrogen) atoms. The molecule has 2 heterocycles. The van der Waals surface area contributed by atoms with Gasteiger partial charge in [-0.2, -0.15) is 0 Å². The van der Waals surface area contributed by atoms with E-state index in [0.717, 1.165) is 12.8 Å². The molecule has 7 heteroatoms. The average molecular weight is 306 g/mol. The number of carbonyl (C=O) groups is 2. The third-order valence-corrected chi connectivity index (χ3v) is 3.20. The number of hydrogen-bond acceptors (Lipinski definition) is 5. The van der Waals surface area contributed by atoms with E-state index in [9.17, 15) is 9.59 Å². The fourth-order valence-electron chi connectivity index (χ4n) is 2.26. The number of ether oxygens (including phenoxy) is 1. The normalized spacial score (nSPS) is 18.7. The fourth-order valence-corrected chi connectivity index (χ4v) is 2.26. The maximum absolute atomic E-state index is 12.1. The van der Waals surface area contributed by atoms with E-state index in [1.54, 1.807) is 4.90 Å². The van der Waals surface area contributed by atoms with Crippen molar-refractivity contribution in [2.75, 3.05) is 13.1 Å². The molecule has 1 fully saturated rings. The summed E-state index contributed by atoms with van der Waals surface area (Å²) in [5.41, 5.74) is -0.246. The molecule has 1 aliphatic rings. The largest absolute Gasteiger partial charge is 0.444 e. The Balaban J connectivity index is 1.91. The van der Waals surface area contributed by atoms with Crippen LogP contribution in [0.25, 0.3) is 0 Å². The molecule has 0 unspecified atom stereocenters. The quantitative estimate of drug-likeness (QED) is 0.897. The van der Waals surface area contributed by atoms with Crippen LogP contribution in [-0.4, -0.2) is 51.6 Å². The van der Waals surface area contributed by atoms with Crippen LogP contribution in [0.3, 0.4) is 0 Å². The molecule has 2 rings (SSSR count). The second-order valence-electron chi connectivity index (χ2n) is 6.33. The lowest BCUT2D eigenvalue weighted by Crippen LogP contribution is -2.50. The lowest BCUT2D eigenvalue weighted by atomic mass is 10.1. The molecule has 0 spiro atoms. The van der Waals surface area contributed by atoms with Crippen molar-refractivity contribution >= 4 is 12.0 Å². The Morgan fingerprint density at radius 3 is 2.77 bits per heavy atom. The van der Waals surface area contributed by atoms with Crippen molar-refractivity contribution in [3.05, 3.63) is 24.3 Å². The second kappa shape index (κ2) is 6.72. The Bertz CT molecular complexity index is 527. The molecule has 1 saturated heterocycles. The Morgan fingerprint density at radius 2 is 2.14 bits per heavy atom. The lowest BCUT2D eigenvalue weighted by Gasteiger charge is -2.34. The molecule has 2 amide bonds. The van der Waals surface area contributed by atoms with Crippen molar-refractivity contribution in [1.82, 2.24) is 20.2 Å². The van der Waals surface area contributed by atoms with Crippen LogP contribution in [0.1, 0.15) is 44.1 Å². The van der Waals surface area contributed by atoms with Crippen LogP contribution < -0.4 is 5.32 Å². The van der Waals surface area contributed by atoms with Gasteiger partial charge in [-0.15, -0.1) is 0 Å². The number of amides is 2. The molecular formula is C15H22N4O3. The molecule has 1 aromatic rings. The van der Waals surface area contributed by atoms with Crippen molar-refractivity contribution in [3.63, 3.8) is 0 Å². The summed E-state index contributed by atoms with van der Waals surface area (Å²) in [6.07, 6.45) is 5.72. The minimum absolute atomic E-state index is 0.101. The van der Waals surface area contributed by atoms with Crippen molar-refractivity contribution < 1.29 is 14.3 Å². The van der Waals surface area contributed by atoms with E-state index in [-0.39, 0.29) is 23.7 Å². The molecule has 0 radical (unpaired) electrons. The molecule has 1 aromatic heterocycles. The maximum Gasteiger partial charge on any atom is 0.410 e. The van der Waals surface area contributed by atoms with E-state index >= 15 is 0 Å². The molecule has 0 aromatic carbocycles. The van der Waals surface area contributed by atoms with Crippen LogP contribution in [0.2, 0.25) is 0 Å². The predicted octanol–water partition coefficient (Wildman–Crippen LogP) is 1.61. The highest BCUT2D eigenvalue weighted by molar-refractivity contribution is 5.92. The highest BCUT2D eigenvalue weighted by Gasteiger charge is 2.28. The van der Waals surface area contributed by atoms with Gasteiger partial charge in [-0.1, -0.05) is 0 Å². The number of hydrogen-bond donors (Lipinski definition) is 1. The Kier molecular flexibility index (Phi) is 4.95. The molecule has 0 saturated carbocycles. The van der Waals surface area contributed by atoms with Crippen molar-refractivity contribution in [3.8, 4) is 0 Å². The van der Waals surface area contributed by atoms with Gasteiger partial charge in [-0.05, 0) is 33.6 Å². The molecule has 0 bridgehead atoms. The fraction of sp³-hybridized carbons (Fsp3) is 0.600. The third-order valence-electron chi connectivity index (χ3n) is 3.20. The highest BCUT2D eigenvalue weighted by Crippen LogP contribution is 2.15. The molecule has 1 atom stereocenters. The molecular weight excluding hydrogens is 284 g/mol. The minimum Gasteiger partial charge on any atom is -0.444 e. The Labute approximate surface area is 130 Å². The van der Waals surface area contributed by atoms with E-state index in [0.29, 0.717) is 13.1 Å². The van der Waals surface area contributed by atoms with E-state index < -0.39 is 5.60 Å². The average Bonchev–Trinajstić information content (AvgIpc) is 2.46. The van der Waals surface area contributed by atoms with Crippen molar-refractivity contribution in [1.29, 1.82) is 0 Å². The van der Waals surface area contributed by atoms with Crippen LogP contribution in [-0.2, 0) is 4.74 Å². The van der Waals surface area contributed by atoms with Gasteiger partial charge in [0.25, 0.3) is 5.91 Å². The van der Waals surface area contributed by atoms with Crippen LogP contribution in [0.15, 0.2) is 18.6 Å². The van der Waals surface area contributed by atoms with E-state index in [1.165, 1.54) is 18.6 Å². The number of carbonyl (C=O) groups excluding carboxylic acids is 2. The number of piperidine rings is 1. The summed E-state index contributed by atoms with van der Waals surface area (Å²) in [5, 5.41) is 2.89. The summed E-state index contributed by atoms with van der Waals surface area (Å²) in [5.74, 6) is -0.274. The summed E-state index contributed by atoms with van der Waals surface area (Å²) in [7, 11) is 0. The summed E-state index contributed by atoms with van der Waals surface area (Å²) < 4.78 is 5.37. The minimum atomic E-state index is -0.521. The van der Waals surface area contributed by atoms with Crippen LogP contribution in [0.4, 0.5) is 4.79 Å². The van der Waals surface area contributed by atoms with Crippen LogP contribution >= 0.6 is 0 Å². The maximum atomic E-state index is 12.1. The summed E-state index contributed by atoms with van der Waals surface area (Å²) in [6.45, 7) is 6.60. The zero-order chi connectivity index (χ0) is 16.2. The highest BCUT2D eigenvalue weighted by atomic mass is 16.6. The number of likely N-dealkylation sites (tertiary alicyclic amines) is 1. The SMILES string of the molecule is CC(C)(C)OC(=O)N1CCC[C@H](NC(=O)c2cnccn2)C1. The molecule has 120 valence electrons. The molecule has 1 aliphatic heterocycles. The van der Waals surface area contributed by atoms with Gasteiger partial charge in [0.2, 0.25) is 0 Å². The van der Waals surface area contributed by atoms with Crippen LogP contribution in [0, 0.1) is 0 Å². The first-order valence-corrected chi connectivity index (χ1v) is 7.40. The van der Waals surface area contributed by atoms with Gasteiger partial charge in [0.15, 0.2) is 0 Å². The standard InChI is InChI=1S/C15H22N4O3/c1-15(2,3)22-14(21)19-8-4-5-11(10-19)18-13(20)12-9-16-6-7-17-12/h6-7,9,11H,4-5,8,10H2,1-3H3,(H,18,20)/t11-/m0/s1. The molecule has 1 N–H and O–H groups in total. The second-order valence-corrected chi connectivity index (χ2v) is 6.33. The van der Waals surface area contributed by atoms with Gasteiger partial charge in [0.1, 0.15) is 11.3 Å². The Hall–Kier alpha value is -2.18. The molecule has 0 aliphatic carbocycles. The summed E-state index contributed by atoms with van der Waals surface area (Å²) in [4.78, 5) is 33.6. The number of nitrogens with zero attached hydrogens (tertiary/aromatic N) is 3. The number of aromatic nitrogens is 2. The van der Waals surface area contributed by atoms with Crippen molar-refractivity contribution in [2.45, 2.75) is 45.3 Å². The van der Waals surface area contributed by atoms with Crippen molar-refractivity contribution in [2.24, 2.45) is 0 Å². The lowest BCUT2D eigenvalue weighted by molar-refractivity contribution is 0.0185. The van der Waals surface area contributed by atoms with Gasteiger partial charge >= 0.3 is 6.09 Å². The number of rotatable bonds is 2. The first-order chi connectivity index (χ1) is 10.3. The van der Waals surface area contributed by atoms with E-state index in [2.05, 4.69) is 15.3 Å². The topological polar surface area (TPSA) is 84.4 Å². The third kappa shape index (κ3) is 4.68. The Morgan fingerprint density at radius 1 is 1.36 bits per heavy atom. The summed E-state index contributed by atoms with van der Waals surface area (Å²) >= 11 is 0. The monoisotopic (exact) mass is 306 g/mol. The zero-order valence-electron chi connectivity index (χ0n) is 13.2. The van der Waals surface area contributed by atoms with Gasteiger partial charge in [-0.25, -0.2) is 9.78 Å². The van der Waals surface area contributed by atoms with E-state index in [4.69, 9.17) is 4.74 Å². The first kappa shape index (κ1) is 16.2.